The number of aryl methyl sites for hydroxylation is 1. The molecule has 8 heteroatoms. The maximum absolute atomic E-state index is 12.3. The molecule has 0 spiro atoms. The van der Waals surface area contributed by atoms with Gasteiger partial charge in [0.2, 0.25) is 11.7 Å². The van der Waals surface area contributed by atoms with E-state index in [0.717, 1.165) is 11.1 Å². The predicted octanol–water partition coefficient (Wildman–Crippen LogP) is 3.88. The van der Waals surface area contributed by atoms with Crippen LogP contribution in [0.3, 0.4) is 0 Å². The molecule has 0 unspecified atom stereocenters. The molecule has 4 rings (SSSR count). The Morgan fingerprint density at radius 3 is 2.62 bits per heavy atom. The number of nitrogens with one attached hydrogen (secondary N) is 1. The molecule has 0 fully saturated rings. The average molecular weight is 408 g/mol. The molecule has 2 aromatic heterocycles. The number of hydrogen-bond acceptors (Lipinski definition) is 5. The molecule has 0 saturated heterocycles. The van der Waals surface area contributed by atoms with Crippen molar-refractivity contribution in [3.8, 4) is 23.0 Å². The molecule has 0 bridgehead atoms. The number of carbonyl (C=O) groups is 1. The second kappa shape index (κ2) is 8.28. The van der Waals surface area contributed by atoms with Crippen LogP contribution in [-0.4, -0.2) is 25.6 Å². The van der Waals surface area contributed by atoms with E-state index in [1.165, 1.54) is 0 Å². The van der Waals surface area contributed by atoms with E-state index in [9.17, 15) is 4.79 Å². The van der Waals surface area contributed by atoms with Crippen LogP contribution < -0.4 is 5.32 Å². The Labute approximate surface area is 172 Å². The monoisotopic (exact) mass is 407 g/mol. The first-order chi connectivity index (χ1) is 14.1. The Morgan fingerprint density at radius 2 is 1.86 bits per heavy atom. The van der Waals surface area contributed by atoms with Gasteiger partial charge < -0.3 is 14.4 Å². The van der Waals surface area contributed by atoms with Gasteiger partial charge in [0.15, 0.2) is 0 Å². The Balaban J connectivity index is 1.42. The topological polar surface area (TPSA) is 85.8 Å². The third-order valence-electron chi connectivity index (χ3n) is 4.37. The summed E-state index contributed by atoms with van der Waals surface area (Å²) in [6.07, 6.45) is 1.75. The molecule has 7 nitrogen and oxygen atoms in total. The Hall–Kier alpha value is -3.45. The minimum atomic E-state index is -0.120. The van der Waals surface area contributed by atoms with Gasteiger partial charge in [-0.25, -0.2) is 4.98 Å². The molecular formula is C21H18ClN5O2. The standard InChI is InChI=1S/C21H18ClN5O2/c1-14-24-18(20-25-21(29-26-20)16-5-3-2-4-6-16)12-27(14)13-19(28)23-11-15-7-9-17(22)10-8-15/h2-10,12H,11,13H2,1H3,(H,23,28). The zero-order chi connectivity index (χ0) is 20.2. The number of rotatable bonds is 6. The first-order valence-corrected chi connectivity index (χ1v) is 9.41. The molecule has 2 aromatic carbocycles. The van der Waals surface area contributed by atoms with E-state index in [1.807, 2.05) is 49.4 Å². The van der Waals surface area contributed by atoms with E-state index in [0.29, 0.717) is 34.8 Å². The third kappa shape index (κ3) is 4.52. The van der Waals surface area contributed by atoms with Crippen molar-refractivity contribution in [2.75, 3.05) is 0 Å². The summed E-state index contributed by atoms with van der Waals surface area (Å²) in [5, 5.41) is 7.56. The van der Waals surface area contributed by atoms with Crippen molar-refractivity contribution in [3.63, 3.8) is 0 Å². The minimum absolute atomic E-state index is 0.120. The SMILES string of the molecule is Cc1nc(-c2noc(-c3ccccc3)n2)cn1CC(=O)NCc1ccc(Cl)cc1. The maximum Gasteiger partial charge on any atom is 0.258 e. The highest BCUT2D eigenvalue weighted by atomic mass is 35.5. The fourth-order valence-electron chi connectivity index (χ4n) is 2.82. The van der Waals surface area contributed by atoms with Gasteiger partial charge >= 0.3 is 0 Å². The zero-order valence-electron chi connectivity index (χ0n) is 15.7. The van der Waals surface area contributed by atoms with Gasteiger partial charge in [-0.15, -0.1) is 0 Å². The molecule has 0 aliphatic heterocycles. The third-order valence-corrected chi connectivity index (χ3v) is 4.62. The largest absolute Gasteiger partial charge is 0.350 e. The first-order valence-electron chi connectivity index (χ1n) is 9.03. The van der Waals surface area contributed by atoms with Crippen LogP contribution >= 0.6 is 11.6 Å². The van der Waals surface area contributed by atoms with Crippen LogP contribution in [0.4, 0.5) is 0 Å². The number of nitrogens with zero attached hydrogens (tertiary/aromatic N) is 4. The summed E-state index contributed by atoms with van der Waals surface area (Å²) in [5.74, 6) is 1.37. The van der Waals surface area contributed by atoms with Gasteiger partial charge in [0.25, 0.3) is 5.89 Å². The molecule has 0 atom stereocenters. The smallest absolute Gasteiger partial charge is 0.258 e. The predicted molar refractivity (Wildman–Crippen MR) is 109 cm³/mol. The number of benzene rings is 2. The van der Waals surface area contributed by atoms with Gasteiger partial charge in [0.05, 0.1) is 0 Å². The van der Waals surface area contributed by atoms with Crippen molar-refractivity contribution in [3.05, 3.63) is 77.2 Å². The van der Waals surface area contributed by atoms with Crippen molar-refractivity contribution in [1.29, 1.82) is 0 Å². The lowest BCUT2D eigenvalue weighted by Crippen LogP contribution is -2.27. The van der Waals surface area contributed by atoms with Crippen molar-refractivity contribution in [2.45, 2.75) is 20.0 Å². The number of carbonyl (C=O) groups excluding carboxylic acids is 1. The zero-order valence-corrected chi connectivity index (χ0v) is 16.4. The van der Waals surface area contributed by atoms with Gasteiger partial charge in [0.1, 0.15) is 18.1 Å². The van der Waals surface area contributed by atoms with Crippen LogP contribution in [-0.2, 0) is 17.9 Å². The van der Waals surface area contributed by atoms with E-state index in [1.54, 1.807) is 22.9 Å². The lowest BCUT2D eigenvalue weighted by atomic mass is 10.2. The highest BCUT2D eigenvalue weighted by Gasteiger charge is 2.15. The molecule has 0 aliphatic carbocycles. The molecule has 4 aromatic rings. The van der Waals surface area contributed by atoms with Gasteiger partial charge in [-0.1, -0.05) is 47.1 Å². The van der Waals surface area contributed by atoms with Crippen LogP contribution in [0.1, 0.15) is 11.4 Å². The molecule has 146 valence electrons. The summed E-state index contributed by atoms with van der Waals surface area (Å²) in [5.41, 5.74) is 2.37. The number of halogens is 1. The summed E-state index contributed by atoms with van der Waals surface area (Å²) in [4.78, 5) is 21.2. The lowest BCUT2D eigenvalue weighted by molar-refractivity contribution is -0.121. The van der Waals surface area contributed by atoms with E-state index in [4.69, 9.17) is 16.1 Å². The molecule has 0 aliphatic rings. The van der Waals surface area contributed by atoms with Crippen LogP contribution in [0.25, 0.3) is 23.0 Å². The fraction of sp³-hybridized carbons (Fsp3) is 0.143. The lowest BCUT2D eigenvalue weighted by Gasteiger charge is -2.07. The average Bonchev–Trinajstić information content (AvgIpc) is 3.36. The number of hydrogen-bond donors (Lipinski definition) is 1. The quantitative estimate of drug-likeness (QED) is 0.524. The Kier molecular flexibility index (Phi) is 5.39. The maximum atomic E-state index is 12.3. The summed E-state index contributed by atoms with van der Waals surface area (Å²) >= 11 is 5.87. The summed E-state index contributed by atoms with van der Waals surface area (Å²) in [6.45, 7) is 2.41. The van der Waals surface area contributed by atoms with Gasteiger partial charge in [-0.2, -0.15) is 4.98 Å². The summed E-state index contributed by atoms with van der Waals surface area (Å²) in [6, 6.07) is 16.9. The number of imidazole rings is 1. The van der Waals surface area contributed by atoms with E-state index in [-0.39, 0.29) is 12.5 Å². The van der Waals surface area contributed by atoms with Crippen LogP contribution in [0.15, 0.2) is 65.3 Å². The van der Waals surface area contributed by atoms with Gasteiger partial charge in [-0.3, -0.25) is 4.79 Å². The van der Waals surface area contributed by atoms with E-state index in [2.05, 4.69) is 20.4 Å². The van der Waals surface area contributed by atoms with E-state index < -0.39 is 0 Å². The van der Waals surface area contributed by atoms with E-state index >= 15 is 0 Å². The van der Waals surface area contributed by atoms with Crippen molar-refractivity contribution in [1.82, 2.24) is 25.0 Å². The van der Waals surface area contributed by atoms with Crippen LogP contribution in [0, 0.1) is 6.92 Å². The summed E-state index contributed by atoms with van der Waals surface area (Å²) < 4.78 is 7.09. The van der Waals surface area contributed by atoms with Crippen molar-refractivity contribution in [2.24, 2.45) is 0 Å². The Bertz CT molecular complexity index is 1120. The second-order valence-electron chi connectivity index (χ2n) is 6.49. The number of aromatic nitrogens is 4. The molecule has 0 saturated carbocycles. The molecule has 1 amide bonds. The highest BCUT2D eigenvalue weighted by molar-refractivity contribution is 6.30. The molecule has 0 radical (unpaired) electrons. The molecule has 2 heterocycles. The molecule has 1 N–H and O–H groups in total. The van der Waals surface area contributed by atoms with Gasteiger partial charge in [0, 0.05) is 23.3 Å². The van der Waals surface area contributed by atoms with Crippen LogP contribution in [0.2, 0.25) is 5.02 Å². The van der Waals surface area contributed by atoms with Gasteiger partial charge in [-0.05, 0) is 36.8 Å². The minimum Gasteiger partial charge on any atom is -0.350 e. The first kappa shape index (κ1) is 18.9. The fourth-order valence-corrected chi connectivity index (χ4v) is 2.94. The normalized spacial score (nSPS) is 10.8. The summed E-state index contributed by atoms with van der Waals surface area (Å²) in [7, 11) is 0. The second-order valence-corrected chi connectivity index (χ2v) is 6.93. The van der Waals surface area contributed by atoms with Crippen LogP contribution in [0.5, 0.6) is 0 Å². The van der Waals surface area contributed by atoms with Crippen molar-refractivity contribution >= 4 is 17.5 Å². The molecular weight excluding hydrogens is 390 g/mol. The van der Waals surface area contributed by atoms with Crippen molar-refractivity contribution < 1.29 is 9.32 Å². The Morgan fingerprint density at radius 1 is 1.10 bits per heavy atom. The molecule has 29 heavy (non-hydrogen) atoms. The highest BCUT2D eigenvalue weighted by Crippen LogP contribution is 2.21. The number of amides is 1.